The molecule has 0 spiro atoms. The van der Waals surface area contributed by atoms with Gasteiger partial charge >= 0.3 is 6.01 Å². The molecule has 0 aliphatic rings. The molecule has 0 aliphatic heterocycles. The summed E-state index contributed by atoms with van der Waals surface area (Å²) in [7, 11) is 0. The van der Waals surface area contributed by atoms with Gasteiger partial charge in [-0.2, -0.15) is 9.97 Å². The summed E-state index contributed by atoms with van der Waals surface area (Å²) < 4.78 is 11.2. The average Bonchev–Trinajstić information content (AvgIpc) is 2.54. The Morgan fingerprint density at radius 1 is 0.952 bits per heavy atom. The molecule has 2 heterocycles. The third-order valence-electron chi connectivity index (χ3n) is 2.91. The Balaban J connectivity index is 1.92. The van der Waals surface area contributed by atoms with E-state index >= 15 is 0 Å². The molecule has 0 aliphatic carbocycles. The van der Waals surface area contributed by atoms with Gasteiger partial charge in [-0.1, -0.05) is 30.3 Å². The monoisotopic (exact) mass is 281 g/mol. The fourth-order valence-corrected chi connectivity index (χ4v) is 1.95. The first-order chi connectivity index (χ1) is 10.4. The van der Waals surface area contributed by atoms with Crippen LogP contribution in [0.4, 0.5) is 0 Å². The van der Waals surface area contributed by atoms with Crippen LogP contribution in [0.3, 0.4) is 0 Å². The minimum Gasteiger partial charge on any atom is -0.472 e. The molecule has 106 valence electrons. The van der Waals surface area contributed by atoms with Crippen molar-refractivity contribution in [1.82, 2.24) is 15.0 Å². The quantitative estimate of drug-likeness (QED) is 0.719. The fourth-order valence-electron chi connectivity index (χ4n) is 1.95. The first-order valence-electron chi connectivity index (χ1n) is 6.79. The Hall–Kier alpha value is -2.69. The van der Waals surface area contributed by atoms with E-state index in [9.17, 15) is 0 Å². The first kappa shape index (κ1) is 13.3. The van der Waals surface area contributed by atoms with Crippen LogP contribution in [0.1, 0.15) is 12.5 Å². The SMILES string of the molecule is CCOc1nc(OCc2ccccc2)c2cccnc2n1. The predicted molar refractivity (Wildman–Crippen MR) is 79.3 cm³/mol. The lowest BCUT2D eigenvalue weighted by Gasteiger charge is -2.09. The number of fused-ring (bicyclic) bond motifs is 1. The van der Waals surface area contributed by atoms with E-state index in [1.807, 2.05) is 49.4 Å². The molecule has 3 rings (SSSR count). The summed E-state index contributed by atoms with van der Waals surface area (Å²) in [4.78, 5) is 12.8. The first-order valence-corrected chi connectivity index (χ1v) is 6.79. The largest absolute Gasteiger partial charge is 0.472 e. The summed E-state index contributed by atoms with van der Waals surface area (Å²) in [5, 5.41) is 0.775. The summed E-state index contributed by atoms with van der Waals surface area (Å²) in [5.74, 6) is 0.486. The lowest BCUT2D eigenvalue weighted by Crippen LogP contribution is -2.03. The molecule has 0 fully saturated rings. The average molecular weight is 281 g/mol. The van der Waals surface area contributed by atoms with Crippen LogP contribution in [-0.2, 0) is 6.61 Å². The summed E-state index contributed by atoms with van der Waals surface area (Å²) in [6.45, 7) is 2.82. The van der Waals surface area contributed by atoms with Crippen LogP contribution in [0.5, 0.6) is 11.9 Å². The van der Waals surface area contributed by atoms with Gasteiger partial charge in [0.05, 0.1) is 12.0 Å². The molecule has 0 atom stereocenters. The maximum Gasteiger partial charge on any atom is 0.321 e. The van der Waals surface area contributed by atoms with Crippen molar-refractivity contribution in [3.63, 3.8) is 0 Å². The Labute approximate surface area is 122 Å². The van der Waals surface area contributed by atoms with Gasteiger partial charge in [-0.05, 0) is 24.6 Å². The Bertz CT molecular complexity index is 732. The second-order valence-corrected chi connectivity index (χ2v) is 4.39. The van der Waals surface area contributed by atoms with Crippen LogP contribution >= 0.6 is 0 Å². The normalized spacial score (nSPS) is 10.5. The second-order valence-electron chi connectivity index (χ2n) is 4.39. The number of aromatic nitrogens is 3. The van der Waals surface area contributed by atoms with Crippen molar-refractivity contribution in [2.45, 2.75) is 13.5 Å². The number of benzene rings is 1. The molecule has 0 saturated heterocycles. The van der Waals surface area contributed by atoms with E-state index in [4.69, 9.17) is 9.47 Å². The molecule has 0 radical (unpaired) electrons. The van der Waals surface area contributed by atoms with Gasteiger partial charge in [-0.3, -0.25) is 0 Å². The molecule has 0 bridgehead atoms. The highest BCUT2D eigenvalue weighted by molar-refractivity contribution is 5.80. The summed E-state index contributed by atoms with van der Waals surface area (Å²) >= 11 is 0. The number of hydrogen-bond donors (Lipinski definition) is 0. The lowest BCUT2D eigenvalue weighted by molar-refractivity contribution is 0.277. The van der Waals surface area contributed by atoms with Crippen molar-refractivity contribution in [2.24, 2.45) is 0 Å². The van der Waals surface area contributed by atoms with E-state index < -0.39 is 0 Å². The number of ether oxygens (including phenoxy) is 2. The van der Waals surface area contributed by atoms with Crippen molar-refractivity contribution in [3.8, 4) is 11.9 Å². The number of hydrogen-bond acceptors (Lipinski definition) is 5. The van der Waals surface area contributed by atoms with Gasteiger partial charge in [0, 0.05) is 6.20 Å². The van der Waals surface area contributed by atoms with Gasteiger partial charge < -0.3 is 9.47 Å². The molecule has 5 nitrogen and oxygen atoms in total. The van der Waals surface area contributed by atoms with Crippen LogP contribution in [0.2, 0.25) is 0 Å². The van der Waals surface area contributed by atoms with E-state index in [1.54, 1.807) is 6.20 Å². The number of rotatable bonds is 5. The van der Waals surface area contributed by atoms with Gasteiger partial charge in [0.1, 0.15) is 6.61 Å². The van der Waals surface area contributed by atoms with Crippen LogP contribution in [-0.4, -0.2) is 21.6 Å². The Kier molecular flexibility index (Phi) is 3.91. The van der Waals surface area contributed by atoms with Gasteiger partial charge in [0.25, 0.3) is 0 Å². The van der Waals surface area contributed by atoms with Crippen molar-refractivity contribution >= 4 is 11.0 Å². The third kappa shape index (κ3) is 3.08. The number of nitrogens with zero attached hydrogens (tertiary/aromatic N) is 3. The molecule has 1 aromatic carbocycles. The van der Waals surface area contributed by atoms with E-state index in [1.165, 1.54) is 0 Å². The summed E-state index contributed by atoms with van der Waals surface area (Å²) in [5.41, 5.74) is 1.64. The maximum absolute atomic E-state index is 5.82. The van der Waals surface area contributed by atoms with Crippen molar-refractivity contribution in [2.75, 3.05) is 6.61 Å². The Morgan fingerprint density at radius 2 is 1.81 bits per heavy atom. The van der Waals surface area contributed by atoms with Gasteiger partial charge in [0.15, 0.2) is 5.65 Å². The molecule has 0 unspecified atom stereocenters. The summed E-state index contributed by atoms with van der Waals surface area (Å²) in [6.07, 6.45) is 1.69. The highest BCUT2D eigenvalue weighted by Crippen LogP contribution is 2.24. The topological polar surface area (TPSA) is 57.1 Å². The third-order valence-corrected chi connectivity index (χ3v) is 2.91. The molecule has 0 N–H and O–H groups in total. The molecule has 0 saturated carbocycles. The lowest BCUT2D eigenvalue weighted by atomic mass is 10.2. The predicted octanol–water partition coefficient (Wildman–Crippen LogP) is 3.00. The van der Waals surface area contributed by atoms with Crippen LogP contribution in [0.15, 0.2) is 48.7 Å². The number of pyridine rings is 1. The zero-order valence-corrected chi connectivity index (χ0v) is 11.7. The Morgan fingerprint density at radius 3 is 2.62 bits per heavy atom. The molecule has 3 aromatic rings. The molecule has 21 heavy (non-hydrogen) atoms. The zero-order chi connectivity index (χ0) is 14.5. The van der Waals surface area contributed by atoms with Crippen molar-refractivity contribution < 1.29 is 9.47 Å². The van der Waals surface area contributed by atoms with Gasteiger partial charge in [0.2, 0.25) is 5.88 Å². The highest BCUT2D eigenvalue weighted by Gasteiger charge is 2.10. The van der Waals surface area contributed by atoms with Crippen LogP contribution in [0.25, 0.3) is 11.0 Å². The summed E-state index contributed by atoms with van der Waals surface area (Å²) in [6, 6.07) is 13.9. The molecular weight excluding hydrogens is 266 g/mol. The van der Waals surface area contributed by atoms with Crippen molar-refractivity contribution in [3.05, 3.63) is 54.2 Å². The fraction of sp³-hybridized carbons (Fsp3) is 0.188. The standard InChI is InChI=1S/C16H15N3O2/c1-2-20-16-18-14-13(9-6-10-17-14)15(19-16)21-11-12-7-4-3-5-8-12/h3-10H,2,11H2,1H3. The van der Waals surface area contributed by atoms with E-state index in [0.717, 1.165) is 10.9 Å². The van der Waals surface area contributed by atoms with E-state index in [2.05, 4.69) is 15.0 Å². The van der Waals surface area contributed by atoms with Crippen LogP contribution < -0.4 is 9.47 Å². The van der Waals surface area contributed by atoms with Crippen molar-refractivity contribution in [1.29, 1.82) is 0 Å². The minimum atomic E-state index is 0.284. The second kappa shape index (κ2) is 6.17. The van der Waals surface area contributed by atoms with Gasteiger partial charge in [-0.25, -0.2) is 4.98 Å². The van der Waals surface area contributed by atoms with E-state index in [-0.39, 0.29) is 6.01 Å². The smallest absolute Gasteiger partial charge is 0.321 e. The molecule has 2 aromatic heterocycles. The zero-order valence-electron chi connectivity index (χ0n) is 11.7. The molecule has 0 amide bonds. The van der Waals surface area contributed by atoms with E-state index in [0.29, 0.717) is 24.7 Å². The molecule has 5 heteroatoms. The van der Waals surface area contributed by atoms with Crippen LogP contribution in [0, 0.1) is 0 Å². The highest BCUT2D eigenvalue weighted by atomic mass is 16.5. The maximum atomic E-state index is 5.82. The van der Waals surface area contributed by atoms with Gasteiger partial charge in [-0.15, -0.1) is 0 Å². The molecular formula is C16H15N3O2. The minimum absolute atomic E-state index is 0.284.